The zero-order valence-electron chi connectivity index (χ0n) is 7.51. The van der Waals surface area contributed by atoms with Gasteiger partial charge in [-0.3, -0.25) is 4.79 Å². The molecule has 0 saturated heterocycles. The minimum Gasteiger partial charge on any atom is -0.394 e. The highest BCUT2D eigenvalue weighted by Crippen LogP contribution is 2.04. The Bertz CT molecular complexity index is 279. The van der Waals surface area contributed by atoms with Crippen molar-refractivity contribution in [3.63, 3.8) is 0 Å². The van der Waals surface area contributed by atoms with E-state index in [1.807, 2.05) is 6.07 Å². The van der Waals surface area contributed by atoms with E-state index in [0.29, 0.717) is 5.69 Å². The SMILES string of the molecule is Cl.N[C@H](CO)C(=O)Nc1ccccc1. The molecule has 4 N–H and O–H groups in total. The molecular weight excluding hydrogens is 204 g/mol. The van der Waals surface area contributed by atoms with Crippen molar-refractivity contribution in [2.45, 2.75) is 6.04 Å². The second-order valence-electron chi connectivity index (χ2n) is 2.64. The second kappa shape index (κ2) is 6.37. The molecule has 0 fully saturated rings. The van der Waals surface area contributed by atoms with E-state index >= 15 is 0 Å². The van der Waals surface area contributed by atoms with E-state index in [4.69, 9.17) is 10.8 Å². The van der Waals surface area contributed by atoms with Gasteiger partial charge in [0, 0.05) is 5.69 Å². The highest BCUT2D eigenvalue weighted by molar-refractivity contribution is 5.94. The lowest BCUT2D eigenvalue weighted by atomic mass is 10.3. The van der Waals surface area contributed by atoms with Crippen molar-refractivity contribution in [2.24, 2.45) is 5.73 Å². The first kappa shape index (κ1) is 12.9. The van der Waals surface area contributed by atoms with Crippen LogP contribution < -0.4 is 11.1 Å². The number of amides is 1. The van der Waals surface area contributed by atoms with Gasteiger partial charge in [-0.2, -0.15) is 0 Å². The van der Waals surface area contributed by atoms with Gasteiger partial charge in [0.25, 0.3) is 0 Å². The third-order valence-electron chi connectivity index (χ3n) is 1.57. The third-order valence-corrected chi connectivity index (χ3v) is 1.57. The van der Waals surface area contributed by atoms with Gasteiger partial charge in [0.2, 0.25) is 5.91 Å². The van der Waals surface area contributed by atoms with Crippen LogP contribution >= 0.6 is 12.4 Å². The van der Waals surface area contributed by atoms with Crippen molar-refractivity contribution in [3.8, 4) is 0 Å². The number of aliphatic hydroxyl groups excluding tert-OH is 1. The van der Waals surface area contributed by atoms with Crippen LogP contribution in [0.2, 0.25) is 0 Å². The van der Waals surface area contributed by atoms with Crippen LogP contribution in [0.15, 0.2) is 30.3 Å². The molecule has 1 aromatic rings. The van der Waals surface area contributed by atoms with Crippen molar-refractivity contribution >= 4 is 24.0 Å². The fourth-order valence-corrected chi connectivity index (χ4v) is 0.839. The Labute approximate surface area is 88.5 Å². The summed E-state index contributed by atoms with van der Waals surface area (Å²) in [6.45, 7) is -0.349. The summed E-state index contributed by atoms with van der Waals surface area (Å²) in [4.78, 5) is 11.1. The summed E-state index contributed by atoms with van der Waals surface area (Å²) >= 11 is 0. The fourth-order valence-electron chi connectivity index (χ4n) is 0.839. The molecule has 14 heavy (non-hydrogen) atoms. The van der Waals surface area contributed by atoms with Crippen molar-refractivity contribution in [3.05, 3.63) is 30.3 Å². The Morgan fingerprint density at radius 1 is 1.43 bits per heavy atom. The van der Waals surface area contributed by atoms with E-state index in [2.05, 4.69) is 5.32 Å². The molecule has 0 radical (unpaired) electrons. The average Bonchev–Trinajstić information content (AvgIpc) is 2.18. The molecule has 0 unspecified atom stereocenters. The summed E-state index contributed by atoms with van der Waals surface area (Å²) in [7, 11) is 0. The molecular formula is C9H13ClN2O2. The molecule has 1 atom stereocenters. The molecule has 0 aliphatic carbocycles. The van der Waals surface area contributed by atoms with Crippen LogP contribution in [0.4, 0.5) is 5.69 Å². The number of benzene rings is 1. The maximum absolute atomic E-state index is 11.1. The van der Waals surface area contributed by atoms with Gasteiger partial charge in [0.15, 0.2) is 0 Å². The number of rotatable bonds is 3. The number of halogens is 1. The van der Waals surface area contributed by atoms with Crippen molar-refractivity contribution in [2.75, 3.05) is 11.9 Å². The maximum Gasteiger partial charge on any atom is 0.243 e. The summed E-state index contributed by atoms with van der Waals surface area (Å²) in [5.74, 6) is -0.381. The summed E-state index contributed by atoms with van der Waals surface area (Å²) in [6.07, 6.45) is 0. The quantitative estimate of drug-likeness (QED) is 0.683. The zero-order chi connectivity index (χ0) is 9.68. The smallest absolute Gasteiger partial charge is 0.243 e. The number of para-hydroxylation sites is 1. The van der Waals surface area contributed by atoms with Crippen LogP contribution in [-0.2, 0) is 4.79 Å². The Morgan fingerprint density at radius 3 is 2.50 bits per heavy atom. The second-order valence-corrected chi connectivity index (χ2v) is 2.64. The number of hydrogen-bond acceptors (Lipinski definition) is 3. The zero-order valence-corrected chi connectivity index (χ0v) is 8.33. The van der Waals surface area contributed by atoms with Crippen molar-refractivity contribution < 1.29 is 9.90 Å². The van der Waals surface area contributed by atoms with E-state index in [1.54, 1.807) is 24.3 Å². The van der Waals surface area contributed by atoms with E-state index in [0.717, 1.165) is 0 Å². The first-order valence-corrected chi connectivity index (χ1v) is 3.96. The minimum atomic E-state index is -0.861. The first-order valence-electron chi connectivity index (χ1n) is 3.96. The Hall–Kier alpha value is -1.10. The highest BCUT2D eigenvalue weighted by atomic mass is 35.5. The monoisotopic (exact) mass is 216 g/mol. The van der Waals surface area contributed by atoms with E-state index < -0.39 is 6.04 Å². The molecule has 0 saturated carbocycles. The van der Waals surface area contributed by atoms with E-state index in [-0.39, 0.29) is 24.9 Å². The molecule has 4 nitrogen and oxygen atoms in total. The Morgan fingerprint density at radius 2 is 2.00 bits per heavy atom. The highest BCUT2D eigenvalue weighted by Gasteiger charge is 2.11. The molecule has 1 amide bonds. The molecule has 5 heteroatoms. The van der Waals surface area contributed by atoms with E-state index in [9.17, 15) is 4.79 Å². The fraction of sp³-hybridized carbons (Fsp3) is 0.222. The van der Waals surface area contributed by atoms with Crippen LogP contribution in [0.3, 0.4) is 0 Å². The average molecular weight is 217 g/mol. The van der Waals surface area contributed by atoms with Crippen LogP contribution in [0.25, 0.3) is 0 Å². The van der Waals surface area contributed by atoms with Crippen LogP contribution in [-0.4, -0.2) is 23.7 Å². The topological polar surface area (TPSA) is 75.3 Å². The Balaban J connectivity index is 0.00000169. The molecule has 0 aromatic heterocycles. The summed E-state index contributed by atoms with van der Waals surface area (Å²) in [6, 6.07) is 8.10. The van der Waals surface area contributed by atoms with Gasteiger partial charge in [0.1, 0.15) is 6.04 Å². The Kier molecular flexibility index (Phi) is 5.87. The number of carbonyl (C=O) groups is 1. The molecule has 0 aliphatic rings. The molecule has 1 rings (SSSR count). The number of carbonyl (C=O) groups excluding carboxylic acids is 1. The number of nitrogens with one attached hydrogen (secondary N) is 1. The third kappa shape index (κ3) is 3.74. The van der Waals surface area contributed by atoms with Crippen LogP contribution in [0, 0.1) is 0 Å². The normalized spacial score (nSPS) is 11.3. The predicted molar refractivity (Wildman–Crippen MR) is 57.4 cm³/mol. The number of nitrogens with two attached hydrogens (primary N) is 1. The molecule has 0 spiro atoms. The lowest BCUT2D eigenvalue weighted by molar-refractivity contribution is -0.118. The first-order chi connectivity index (χ1) is 6.24. The molecule has 0 aliphatic heterocycles. The van der Waals surface area contributed by atoms with Gasteiger partial charge in [-0.15, -0.1) is 12.4 Å². The predicted octanol–water partition coefficient (Wildman–Crippen LogP) is 0.366. The molecule has 0 heterocycles. The van der Waals surface area contributed by atoms with Gasteiger partial charge in [-0.05, 0) is 12.1 Å². The minimum absolute atomic E-state index is 0. The van der Waals surface area contributed by atoms with Crippen LogP contribution in [0.1, 0.15) is 0 Å². The molecule has 78 valence electrons. The van der Waals surface area contributed by atoms with Crippen LogP contribution in [0.5, 0.6) is 0 Å². The lowest BCUT2D eigenvalue weighted by Gasteiger charge is -2.08. The van der Waals surface area contributed by atoms with E-state index in [1.165, 1.54) is 0 Å². The van der Waals surface area contributed by atoms with Gasteiger partial charge in [0.05, 0.1) is 6.61 Å². The van der Waals surface area contributed by atoms with Gasteiger partial charge >= 0.3 is 0 Å². The van der Waals surface area contributed by atoms with Crippen molar-refractivity contribution in [1.29, 1.82) is 0 Å². The van der Waals surface area contributed by atoms with Gasteiger partial charge in [-0.25, -0.2) is 0 Å². The number of aliphatic hydroxyl groups is 1. The standard InChI is InChI=1S/C9H12N2O2.ClH/c10-8(6-12)9(13)11-7-4-2-1-3-5-7;/h1-5,8,12H,6,10H2,(H,11,13);1H/t8-;/m1./s1. The maximum atomic E-state index is 11.1. The number of hydrogen-bond donors (Lipinski definition) is 3. The summed E-state index contributed by atoms with van der Waals surface area (Å²) in [5, 5.41) is 11.2. The number of anilines is 1. The summed E-state index contributed by atoms with van der Waals surface area (Å²) < 4.78 is 0. The van der Waals surface area contributed by atoms with Crippen molar-refractivity contribution in [1.82, 2.24) is 0 Å². The van der Waals surface area contributed by atoms with Gasteiger partial charge in [-0.1, -0.05) is 18.2 Å². The molecule has 1 aromatic carbocycles. The molecule has 0 bridgehead atoms. The largest absolute Gasteiger partial charge is 0.394 e. The van der Waals surface area contributed by atoms with Gasteiger partial charge < -0.3 is 16.2 Å². The lowest BCUT2D eigenvalue weighted by Crippen LogP contribution is -2.38. The summed E-state index contributed by atoms with van der Waals surface area (Å²) in [5.41, 5.74) is 5.98.